The van der Waals surface area contributed by atoms with Gasteiger partial charge in [0.05, 0.1) is 0 Å². The average molecular weight is 389 g/mol. The molecule has 2 aliphatic heterocycles. The van der Waals surface area contributed by atoms with E-state index in [1.54, 1.807) is 0 Å². The van der Waals surface area contributed by atoms with Crippen molar-refractivity contribution in [2.45, 2.75) is 18.9 Å². The number of piperazine rings is 1. The number of nitrogens with one attached hydrogen (secondary N) is 2. The molecule has 1 amide bonds. The zero-order valence-electron chi connectivity index (χ0n) is 12.6. The Bertz CT molecular complexity index is 508. The van der Waals surface area contributed by atoms with Gasteiger partial charge in [-0.3, -0.25) is 9.69 Å². The predicted octanol–water partition coefficient (Wildman–Crippen LogP) is 2.34. The second-order valence-electron chi connectivity index (χ2n) is 5.92. The molecule has 22 heavy (non-hydrogen) atoms. The number of benzene rings is 1. The Kier molecular flexibility index (Phi) is 6.68. The van der Waals surface area contributed by atoms with E-state index in [0.717, 1.165) is 42.8 Å². The summed E-state index contributed by atoms with van der Waals surface area (Å²) in [6, 6.07) is 7.88. The van der Waals surface area contributed by atoms with Crippen molar-refractivity contribution in [1.82, 2.24) is 15.5 Å². The van der Waals surface area contributed by atoms with Crippen molar-refractivity contribution in [3.63, 3.8) is 0 Å². The van der Waals surface area contributed by atoms with E-state index in [9.17, 15) is 4.79 Å². The Morgan fingerprint density at radius 1 is 1.27 bits per heavy atom. The number of rotatable bonds is 3. The van der Waals surface area contributed by atoms with Gasteiger partial charge in [-0.25, -0.2) is 0 Å². The van der Waals surface area contributed by atoms with Crippen LogP contribution in [-0.4, -0.2) is 43.5 Å². The minimum atomic E-state index is -0.170. The highest BCUT2D eigenvalue weighted by Gasteiger charge is 2.33. The van der Waals surface area contributed by atoms with E-state index in [2.05, 4.69) is 31.5 Å². The van der Waals surface area contributed by atoms with Crippen molar-refractivity contribution >= 4 is 34.2 Å². The number of amides is 1. The fourth-order valence-electron chi connectivity index (χ4n) is 3.36. The first-order valence-corrected chi connectivity index (χ1v) is 8.52. The van der Waals surface area contributed by atoms with E-state index in [-0.39, 0.29) is 24.4 Å². The first kappa shape index (κ1) is 17.7. The number of carbonyl (C=O) groups excluding carboxylic acids is 1. The van der Waals surface area contributed by atoms with E-state index in [4.69, 9.17) is 0 Å². The van der Waals surface area contributed by atoms with E-state index in [0.29, 0.717) is 5.92 Å². The highest BCUT2D eigenvalue weighted by atomic mass is 79.9. The molecule has 3 rings (SSSR count). The minimum absolute atomic E-state index is 0. The van der Waals surface area contributed by atoms with Gasteiger partial charge in [-0.05, 0) is 43.5 Å². The van der Waals surface area contributed by atoms with Gasteiger partial charge < -0.3 is 10.6 Å². The third-order valence-corrected chi connectivity index (χ3v) is 5.13. The van der Waals surface area contributed by atoms with Crippen LogP contribution >= 0.6 is 28.3 Å². The van der Waals surface area contributed by atoms with Crippen molar-refractivity contribution in [3.05, 3.63) is 34.3 Å². The molecule has 0 radical (unpaired) electrons. The summed E-state index contributed by atoms with van der Waals surface area (Å²) in [6.07, 6.45) is 2.50. The maximum atomic E-state index is 12.4. The fourth-order valence-corrected chi connectivity index (χ4v) is 3.86. The van der Waals surface area contributed by atoms with Gasteiger partial charge >= 0.3 is 0 Å². The third-order valence-electron chi connectivity index (χ3n) is 4.40. The minimum Gasteiger partial charge on any atom is -0.353 e. The molecule has 6 heteroatoms. The van der Waals surface area contributed by atoms with Gasteiger partial charge in [-0.15, -0.1) is 12.4 Å². The molecule has 4 nitrogen and oxygen atoms in total. The molecule has 0 aliphatic carbocycles. The van der Waals surface area contributed by atoms with Gasteiger partial charge in [0.15, 0.2) is 0 Å². The number of carbonyl (C=O) groups is 1. The summed E-state index contributed by atoms with van der Waals surface area (Å²) in [5, 5.41) is 6.47. The van der Waals surface area contributed by atoms with Gasteiger partial charge in [0.2, 0.25) is 5.91 Å². The first-order chi connectivity index (χ1) is 10.3. The third kappa shape index (κ3) is 4.02. The molecule has 2 N–H and O–H groups in total. The number of hydrogen-bond acceptors (Lipinski definition) is 3. The lowest BCUT2D eigenvalue weighted by molar-refractivity contribution is -0.129. The maximum absolute atomic E-state index is 12.4. The SMILES string of the molecule is Cl.O=C1NCCN(CC2CCCNC2)C1c1ccccc1Br. The summed E-state index contributed by atoms with van der Waals surface area (Å²) in [7, 11) is 0. The van der Waals surface area contributed by atoms with Gasteiger partial charge in [0.1, 0.15) is 6.04 Å². The Labute approximate surface area is 146 Å². The van der Waals surface area contributed by atoms with Gasteiger partial charge in [-0.1, -0.05) is 34.1 Å². The Morgan fingerprint density at radius 2 is 2.09 bits per heavy atom. The van der Waals surface area contributed by atoms with Crippen molar-refractivity contribution in [2.75, 3.05) is 32.7 Å². The first-order valence-electron chi connectivity index (χ1n) is 7.72. The molecule has 0 bridgehead atoms. The van der Waals surface area contributed by atoms with Crippen molar-refractivity contribution in [3.8, 4) is 0 Å². The molecule has 2 saturated heterocycles. The van der Waals surface area contributed by atoms with E-state index in [1.165, 1.54) is 12.8 Å². The number of nitrogens with zero attached hydrogens (tertiary/aromatic N) is 1. The molecule has 2 heterocycles. The second-order valence-corrected chi connectivity index (χ2v) is 6.78. The van der Waals surface area contributed by atoms with Crippen LogP contribution < -0.4 is 10.6 Å². The topological polar surface area (TPSA) is 44.4 Å². The molecule has 2 fully saturated rings. The predicted molar refractivity (Wildman–Crippen MR) is 94.3 cm³/mol. The zero-order chi connectivity index (χ0) is 14.7. The molecule has 1 aromatic carbocycles. The zero-order valence-corrected chi connectivity index (χ0v) is 15.0. The van der Waals surface area contributed by atoms with E-state index in [1.807, 2.05) is 24.3 Å². The smallest absolute Gasteiger partial charge is 0.242 e. The molecule has 2 unspecified atom stereocenters. The second kappa shape index (κ2) is 8.29. The summed E-state index contributed by atoms with van der Waals surface area (Å²) in [5.74, 6) is 0.770. The van der Waals surface area contributed by atoms with Gasteiger partial charge in [0.25, 0.3) is 0 Å². The lowest BCUT2D eigenvalue weighted by atomic mass is 9.96. The molecule has 0 saturated carbocycles. The Morgan fingerprint density at radius 3 is 2.82 bits per heavy atom. The highest BCUT2D eigenvalue weighted by Crippen LogP contribution is 2.30. The lowest BCUT2D eigenvalue weighted by Gasteiger charge is -2.38. The Hall–Kier alpha value is -0.620. The Balaban J connectivity index is 0.00000176. The molecule has 122 valence electrons. The van der Waals surface area contributed by atoms with Crippen molar-refractivity contribution in [2.24, 2.45) is 5.92 Å². The van der Waals surface area contributed by atoms with Crippen molar-refractivity contribution < 1.29 is 4.79 Å². The summed E-state index contributed by atoms with van der Waals surface area (Å²) in [4.78, 5) is 14.8. The molecular formula is C16H23BrClN3O. The standard InChI is InChI=1S/C16H22BrN3O.ClH/c17-14-6-2-1-5-13(14)15-16(21)19-8-9-20(15)11-12-4-3-7-18-10-12;/h1-2,5-6,12,15,18H,3-4,7-11H2,(H,19,21);1H. The van der Waals surface area contributed by atoms with E-state index >= 15 is 0 Å². The number of halogens is 2. The molecule has 1 aromatic rings. The lowest BCUT2D eigenvalue weighted by Crippen LogP contribution is -2.52. The van der Waals surface area contributed by atoms with Crippen molar-refractivity contribution in [1.29, 1.82) is 0 Å². The van der Waals surface area contributed by atoms with Crippen LogP contribution in [0.15, 0.2) is 28.7 Å². The average Bonchev–Trinajstić information content (AvgIpc) is 2.50. The van der Waals surface area contributed by atoms with E-state index < -0.39 is 0 Å². The number of piperidine rings is 1. The van der Waals surface area contributed by atoms with Crippen LogP contribution in [0.3, 0.4) is 0 Å². The largest absolute Gasteiger partial charge is 0.353 e. The van der Waals surface area contributed by atoms with Crippen LogP contribution in [0.1, 0.15) is 24.4 Å². The summed E-state index contributed by atoms with van der Waals surface area (Å²) in [6.45, 7) is 4.87. The van der Waals surface area contributed by atoms with Crippen LogP contribution in [0.25, 0.3) is 0 Å². The normalized spacial score (nSPS) is 26.1. The highest BCUT2D eigenvalue weighted by molar-refractivity contribution is 9.10. The summed E-state index contributed by atoms with van der Waals surface area (Å²) in [5.41, 5.74) is 1.07. The molecule has 0 spiro atoms. The molecule has 2 aliphatic rings. The fraction of sp³-hybridized carbons (Fsp3) is 0.562. The summed E-state index contributed by atoms with van der Waals surface area (Å²) >= 11 is 3.59. The molecule has 2 atom stereocenters. The summed E-state index contributed by atoms with van der Waals surface area (Å²) < 4.78 is 1.01. The van der Waals surface area contributed by atoms with Crippen LogP contribution in [0.2, 0.25) is 0 Å². The van der Waals surface area contributed by atoms with Gasteiger partial charge in [0, 0.05) is 24.1 Å². The van der Waals surface area contributed by atoms with Crippen LogP contribution in [0.5, 0.6) is 0 Å². The molecular weight excluding hydrogens is 366 g/mol. The van der Waals surface area contributed by atoms with Crippen LogP contribution in [0.4, 0.5) is 0 Å². The van der Waals surface area contributed by atoms with Crippen LogP contribution in [-0.2, 0) is 4.79 Å². The molecule has 0 aromatic heterocycles. The monoisotopic (exact) mass is 387 g/mol. The quantitative estimate of drug-likeness (QED) is 0.835. The maximum Gasteiger partial charge on any atom is 0.242 e. The van der Waals surface area contributed by atoms with Gasteiger partial charge in [-0.2, -0.15) is 0 Å². The van der Waals surface area contributed by atoms with Crippen LogP contribution in [0, 0.1) is 5.92 Å². The number of hydrogen-bond donors (Lipinski definition) is 2.